The molecule has 1 aliphatic rings. The summed E-state index contributed by atoms with van der Waals surface area (Å²) in [7, 11) is -3.63. The highest BCUT2D eigenvalue weighted by Gasteiger charge is 2.36. The highest BCUT2D eigenvalue weighted by atomic mass is 32.2. The van der Waals surface area contributed by atoms with Gasteiger partial charge in [0.05, 0.1) is 5.75 Å². The molecule has 1 fully saturated rings. The van der Waals surface area contributed by atoms with Gasteiger partial charge in [-0.3, -0.25) is 4.79 Å². The van der Waals surface area contributed by atoms with Crippen molar-refractivity contribution < 1.29 is 18.3 Å². The Labute approximate surface area is 133 Å². The van der Waals surface area contributed by atoms with Crippen molar-refractivity contribution in [3.8, 4) is 0 Å². The molecule has 0 saturated carbocycles. The molecule has 3 rings (SSSR count). The minimum atomic E-state index is -3.63. The van der Waals surface area contributed by atoms with Crippen molar-refractivity contribution in [3.63, 3.8) is 0 Å². The van der Waals surface area contributed by atoms with Gasteiger partial charge >= 0.3 is 5.97 Å². The van der Waals surface area contributed by atoms with Crippen LogP contribution in [0.2, 0.25) is 0 Å². The van der Waals surface area contributed by atoms with Gasteiger partial charge in [-0.25, -0.2) is 8.42 Å². The number of sulfonamides is 1. The molecule has 0 aliphatic carbocycles. The van der Waals surface area contributed by atoms with E-state index >= 15 is 0 Å². The second kappa shape index (κ2) is 5.98. The molecule has 1 N–H and O–H groups in total. The van der Waals surface area contributed by atoms with E-state index in [9.17, 15) is 18.3 Å². The number of hydrogen-bond donors (Lipinski definition) is 1. The van der Waals surface area contributed by atoms with Gasteiger partial charge in [-0.05, 0) is 53.8 Å². The van der Waals surface area contributed by atoms with Gasteiger partial charge in [0.1, 0.15) is 6.04 Å². The van der Waals surface area contributed by atoms with Crippen molar-refractivity contribution >= 4 is 37.4 Å². The molecule has 7 heteroatoms. The van der Waals surface area contributed by atoms with Crippen LogP contribution in [0.1, 0.15) is 24.8 Å². The van der Waals surface area contributed by atoms with Crippen LogP contribution in [0.5, 0.6) is 0 Å². The Morgan fingerprint density at radius 2 is 2.14 bits per heavy atom. The smallest absolute Gasteiger partial charge is 0.322 e. The van der Waals surface area contributed by atoms with Crippen LogP contribution in [0.25, 0.3) is 10.1 Å². The molecule has 1 unspecified atom stereocenters. The molecule has 22 heavy (non-hydrogen) atoms. The molecule has 1 aromatic carbocycles. The molecular formula is C15H17NO4S2. The fraction of sp³-hybridized carbons (Fsp3) is 0.400. The monoisotopic (exact) mass is 339 g/mol. The Balaban J connectivity index is 1.86. The predicted molar refractivity (Wildman–Crippen MR) is 86.4 cm³/mol. The maximum absolute atomic E-state index is 12.6. The van der Waals surface area contributed by atoms with E-state index in [-0.39, 0.29) is 5.75 Å². The van der Waals surface area contributed by atoms with Crippen molar-refractivity contribution in [1.29, 1.82) is 0 Å². The number of aliphatic carboxylic acids is 1. The zero-order valence-electron chi connectivity index (χ0n) is 11.9. The highest BCUT2D eigenvalue weighted by Crippen LogP contribution is 2.26. The van der Waals surface area contributed by atoms with E-state index in [4.69, 9.17) is 0 Å². The number of nitrogens with zero attached hydrogens (tertiary/aromatic N) is 1. The van der Waals surface area contributed by atoms with E-state index in [0.717, 1.165) is 20.8 Å². The molecule has 0 bridgehead atoms. The summed E-state index contributed by atoms with van der Waals surface area (Å²) in [6.07, 6.45) is 1.86. The quantitative estimate of drug-likeness (QED) is 0.929. The molecule has 0 radical (unpaired) electrons. The average Bonchev–Trinajstić information content (AvgIpc) is 2.94. The number of carboxylic acids is 1. The first-order valence-corrected chi connectivity index (χ1v) is 9.65. The standard InChI is InChI=1S/C15H17NO4S2/c17-15(18)13-3-1-2-7-16(13)22(19,20)10-11-4-5-14-12(9-11)6-8-21-14/h4-6,8-9,13H,1-3,7,10H2,(H,17,18). The van der Waals surface area contributed by atoms with E-state index < -0.39 is 22.0 Å². The third-order valence-electron chi connectivity index (χ3n) is 3.96. The fourth-order valence-corrected chi connectivity index (χ4v) is 5.41. The molecule has 1 aromatic heterocycles. The first-order valence-electron chi connectivity index (χ1n) is 7.16. The second-order valence-corrected chi connectivity index (χ2v) is 8.38. The molecule has 1 aliphatic heterocycles. The number of benzene rings is 1. The molecule has 2 aromatic rings. The van der Waals surface area contributed by atoms with E-state index in [2.05, 4.69) is 0 Å². The molecule has 118 valence electrons. The minimum absolute atomic E-state index is 0.150. The van der Waals surface area contributed by atoms with Crippen molar-refractivity contribution in [2.75, 3.05) is 6.54 Å². The van der Waals surface area contributed by atoms with Crippen LogP contribution in [0.4, 0.5) is 0 Å². The van der Waals surface area contributed by atoms with Gasteiger partial charge < -0.3 is 5.11 Å². The Bertz CT molecular complexity index is 797. The van der Waals surface area contributed by atoms with Crippen LogP contribution in [0.3, 0.4) is 0 Å². The summed E-state index contributed by atoms with van der Waals surface area (Å²) in [4.78, 5) is 11.3. The van der Waals surface area contributed by atoms with Crippen LogP contribution in [-0.4, -0.2) is 36.4 Å². The number of carbonyl (C=O) groups is 1. The topological polar surface area (TPSA) is 74.7 Å². The molecule has 0 amide bonds. The van der Waals surface area contributed by atoms with Gasteiger partial charge in [0, 0.05) is 11.2 Å². The van der Waals surface area contributed by atoms with E-state index in [0.29, 0.717) is 24.9 Å². The van der Waals surface area contributed by atoms with Crippen LogP contribution < -0.4 is 0 Å². The molecule has 1 saturated heterocycles. The van der Waals surface area contributed by atoms with Gasteiger partial charge in [-0.15, -0.1) is 11.3 Å². The number of carboxylic acid groups (broad SMARTS) is 1. The van der Waals surface area contributed by atoms with Crippen molar-refractivity contribution in [2.24, 2.45) is 0 Å². The third kappa shape index (κ3) is 3.02. The van der Waals surface area contributed by atoms with Gasteiger partial charge in [-0.2, -0.15) is 4.31 Å². The Kier molecular flexibility index (Phi) is 4.20. The lowest BCUT2D eigenvalue weighted by atomic mass is 10.1. The SMILES string of the molecule is O=C(O)C1CCCCN1S(=O)(=O)Cc1ccc2sccc2c1. The number of fused-ring (bicyclic) bond motifs is 1. The number of rotatable bonds is 4. The highest BCUT2D eigenvalue weighted by molar-refractivity contribution is 7.88. The molecule has 0 spiro atoms. The van der Waals surface area contributed by atoms with E-state index in [1.165, 1.54) is 0 Å². The lowest BCUT2D eigenvalue weighted by Crippen LogP contribution is -2.48. The Hall–Kier alpha value is -1.44. The van der Waals surface area contributed by atoms with Gasteiger partial charge in [0.15, 0.2) is 0 Å². The summed E-state index contributed by atoms with van der Waals surface area (Å²) in [5, 5.41) is 12.2. The maximum atomic E-state index is 12.6. The van der Waals surface area contributed by atoms with Crippen LogP contribution in [0, 0.1) is 0 Å². The number of thiophene rings is 1. The van der Waals surface area contributed by atoms with Crippen LogP contribution in [0.15, 0.2) is 29.6 Å². The maximum Gasteiger partial charge on any atom is 0.322 e. The Morgan fingerprint density at radius 3 is 2.91 bits per heavy atom. The summed E-state index contributed by atoms with van der Waals surface area (Å²) in [6, 6.07) is 6.61. The zero-order valence-corrected chi connectivity index (χ0v) is 13.6. The number of hydrogen-bond acceptors (Lipinski definition) is 4. The van der Waals surface area contributed by atoms with E-state index in [1.807, 2.05) is 23.6 Å². The van der Waals surface area contributed by atoms with Crippen LogP contribution >= 0.6 is 11.3 Å². The summed E-state index contributed by atoms with van der Waals surface area (Å²) >= 11 is 1.61. The average molecular weight is 339 g/mol. The predicted octanol–water partition coefficient (Wildman–Crippen LogP) is 2.67. The second-order valence-electron chi connectivity index (χ2n) is 5.51. The first kappa shape index (κ1) is 15.5. The zero-order chi connectivity index (χ0) is 15.7. The number of piperidine rings is 1. The van der Waals surface area contributed by atoms with Crippen molar-refractivity contribution in [2.45, 2.75) is 31.1 Å². The van der Waals surface area contributed by atoms with Gasteiger partial charge in [-0.1, -0.05) is 6.07 Å². The van der Waals surface area contributed by atoms with Crippen LogP contribution in [-0.2, 0) is 20.6 Å². The summed E-state index contributed by atoms with van der Waals surface area (Å²) in [5.74, 6) is -1.21. The van der Waals surface area contributed by atoms with Gasteiger partial charge in [0.25, 0.3) is 0 Å². The fourth-order valence-electron chi connectivity index (χ4n) is 2.88. The minimum Gasteiger partial charge on any atom is -0.480 e. The molecule has 1 atom stereocenters. The lowest BCUT2D eigenvalue weighted by Gasteiger charge is -2.31. The van der Waals surface area contributed by atoms with Gasteiger partial charge in [0.2, 0.25) is 10.0 Å². The largest absolute Gasteiger partial charge is 0.480 e. The van der Waals surface area contributed by atoms with E-state index in [1.54, 1.807) is 17.4 Å². The molecule has 5 nitrogen and oxygen atoms in total. The summed E-state index contributed by atoms with van der Waals surface area (Å²) in [5.41, 5.74) is 0.695. The van der Waals surface area contributed by atoms with Crippen molar-refractivity contribution in [1.82, 2.24) is 4.31 Å². The summed E-state index contributed by atoms with van der Waals surface area (Å²) in [6.45, 7) is 0.292. The summed E-state index contributed by atoms with van der Waals surface area (Å²) < 4.78 is 27.5. The molecular weight excluding hydrogens is 322 g/mol. The normalized spacial score (nSPS) is 20.3. The first-order chi connectivity index (χ1) is 10.5. The molecule has 2 heterocycles. The van der Waals surface area contributed by atoms with Crippen molar-refractivity contribution in [3.05, 3.63) is 35.2 Å². The third-order valence-corrected chi connectivity index (χ3v) is 6.71. The lowest BCUT2D eigenvalue weighted by molar-refractivity contribution is -0.142. The Morgan fingerprint density at radius 1 is 1.32 bits per heavy atom.